The lowest BCUT2D eigenvalue weighted by molar-refractivity contribution is 0.571. The van der Waals surface area contributed by atoms with Crippen molar-refractivity contribution < 1.29 is 8.78 Å². The topological polar surface area (TPSA) is 15.6 Å². The summed E-state index contributed by atoms with van der Waals surface area (Å²) in [6.45, 7) is 0. The summed E-state index contributed by atoms with van der Waals surface area (Å²) in [7, 11) is 3.78. The number of halogens is 2. The van der Waals surface area contributed by atoms with Crippen LogP contribution in [0.5, 0.6) is 0 Å². The lowest BCUT2D eigenvalue weighted by Gasteiger charge is -2.28. The summed E-state index contributed by atoms with van der Waals surface area (Å²) in [6, 6.07) is 10.8. The molecule has 1 unspecified atom stereocenters. The molecule has 0 bridgehead atoms. The Morgan fingerprint density at radius 3 is 2.52 bits per heavy atom. The third kappa shape index (κ3) is 2.53. The van der Waals surface area contributed by atoms with Gasteiger partial charge < -0.3 is 4.90 Å². The molecule has 0 fully saturated rings. The van der Waals surface area contributed by atoms with Crippen LogP contribution in [0.15, 0.2) is 47.5 Å². The Balaban J connectivity index is 2.16. The number of fused-ring (bicyclic) bond motifs is 1. The molecular weight excluding hydrogens is 270 g/mol. The maximum Gasteiger partial charge on any atom is 0.128 e. The van der Waals surface area contributed by atoms with Gasteiger partial charge in [0.1, 0.15) is 23.5 Å². The van der Waals surface area contributed by atoms with E-state index in [1.165, 1.54) is 18.2 Å². The Hall–Kier alpha value is -2.23. The molecular formula is C17H16F2N2. The zero-order valence-electron chi connectivity index (χ0n) is 12.0. The van der Waals surface area contributed by atoms with Crippen molar-refractivity contribution in [3.05, 3.63) is 70.8 Å². The number of aliphatic imine (C=N–C) groups is 1. The number of amidine groups is 1. The minimum Gasteiger partial charge on any atom is -0.366 e. The number of likely N-dealkylation sites (N-methyl/N-ethyl adjacent to an activating group) is 1. The first kappa shape index (κ1) is 13.7. The zero-order valence-corrected chi connectivity index (χ0v) is 12.0. The molecule has 4 heteroatoms. The average Bonchev–Trinajstić information content (AvgIpc) is 2.46. The van der Waals surface area contributed by atoms with Gasteiger partial charge in [0.15, 0.2) is 0 Å². The molecule has 108 valence electrons. The first-order valence-corrected chi connectivity index (χ1v) is 6.83. The molecule has 21 heavy (non-hydrogen) atoms. The molecule has 0 spiro atoms. The second-order valence-corrected chi connectivity index (χ2v) is 5.38. The summed E-state index contributed by atoms with van der Waals surface area (Å²) < 4.78 is 27.6. The van der Waals surface area contributed by atoms with Crippen molar-refractivity contribution in [1.29, 1.82) is 0 Å². The van der Waals surface area contributed by atoms with Crippen LogP contribution in [-0.2, 0) is 6.42 Å². The standard InChI is InChI=1S/C17H16F2N2/c1-21(2)16-10-11-9-12(18)7-8-13(11)17(20-16)14-5-3-4-6-15(14)19/h3-9,17H,10H2,1-2H3. The van der Waals surface area contributed by atoms with Gasteiger partial charge in [-0.2, -0.15) is 0 Å². The second kappa shape index (κ2) is 5.28. The number of nitrogens with zero attached hydrogens (tertiary/aromatic N) is 2. The van der Waals surface area contributed by atoms with Crippen molar-refractivity contribution in [3.63, 3.8) is 0 Å². The molecule has 0 aromatic heterocycles. The third-order valence-corrected chi connectivity index (χ3v) is 3.74. The fourth-order valence-corrected chi connectivity index (χ4v) is 2.64. The van der Waals surface area contributed by atoms with Crippen LogP contribution in [-0.4, -0.2) is 24.8 Å². The molecule has 0 amide bonds. The van der Waals surface area contributed by atoms with Gasteiger partial charge in [0.25, 0.3) is 0 Å². The van der Waals surface area contributed by atoms with Gasteiger partial charge in [0, 0.05) is 26.1 Å². The van der Waals surface area contributed by atoms with E-state index in [0.717, 1.165) is 17.0 Å². The lowest BCUT2D eigenvalue weighted by Crippen LogP contribution is -2.29. The zero-order chi connectivity index (χ0) is 15.0. The minimum absolute atomic E-state index is 0.277. The van der Waals surface area contributed by atoms with Crippen LogP contribution in [0.1, 0.15) is 22.7 Å². The summed E-state index contributed by atoms with van der Waals surface area (Å²) in [6.07, 6.45) is 0.561. The number of hydrogen-bond donors (Lipinski definition) is 0. The minimum atomic E-state index is -0.423. The highest BCUT2D eigenvalue weighted by atomic mass is 19.1. The Morgan fingerprint density at radius 1 is 1.05 bits per heavy atom. The second-order valence-electron chi connectivity index (χ2n) is 5.38. The van der Waals surface area contributed by atoms with Gasteiger partial charge in [-0.3, -0.25) is 4.99 Å². The van der Waals surface area contributed by atoms with Crippen molar-refractivity contribution in [2.45, 2.75) is 12.5 Å². The largest absolute Gasteiger partial charge is 0.366 e. The monoisotopic (exact) mass is 286 g/mol. The van der Waals surface area contributed by atoms with E-state index in [0.29, 0.717) is 12.0 Å². The van der Waals surface area contributed by atoms with Crippen molar-refractivity contribution in [1.82, 2.24) is 4.90 Å². The average molecular weight is 286 g/mol. The molecule has 1 heterocycles. The van der Waals surface area contributed by atoms with Crippen LogP contribution in [0.4, 0.5) is 8.78 Å². The third-order valence-electron chi connectivity index (χ3n) is 3.74. The Labute approximate surface area is 122 Å². The van der Waals surface area contributed by atoms with Crippen LogP contribution in [0.3, 0.4) is 0 Å². The summed E-state index contributed by atoms with van der Waals surface area (Å²) in [5.41, 5.74) is 2.25. The molecule has 1 aliphatic heterocycles. The van der Waals surface area contributed by atoms with Gasteiger partial charge >= 0.3 is 0 Å². The fourth-order valence-electron chi connectivity index (χ4n) is 2.64. The maximum atomic E-state index is 14.1. The molecule has 2 aromatic carbocycles. The van der Waals surface area contributed by atoms with E-state index < -0.39 is 6.04 Å². The molecule has 1 aliphatic rings. The smallest absolute Gasteiger partial charge is 0.128 e. The Bertz CT molecular complexity index is 708. The van der Waals surface area contributed by atoms with Gasteiger partial charge in [-0.25, -0.2) is 8.78 Å². The molecule has 0 aliphatic carbocycles. The summed E-state index contributed by atoms with van der Waals surface area (Å²) in [4.78, 5) is 6.55. The van der Waals surface area contributed by atoms with E-state index in [4.69, 9.17) is 0 Å². The molecule has 3 rings (SSSR count). The summed E-state index contributed by atoms with van der Waals surface area (Å²) in [5.74, 6) is 0.254. The molecule has 2 nitrogen and oxygen atoms in total. The highest BCUT2D eigenvalue weighted by Gasteiger charge is 2.26. The first-order chi connectivity index (χ1) is 10.1. The van der Waals surface area contributed by atoms with E-state index >= 15 is 0 Å². The van der Waals surface area contributed by atoms with Gasteiger partial charge in [-0.05, 0) is 29.3 Å². The van der Waals surface area contributed by atoms with Crippen LogP contribution in [0.2, 0.25) is 0 Å². The molecule has 0 saturated heterocycles. The summed E-state index contributed by atoms with van der Waals surface area (Å²) >= 11 is 0. The van der Waals surface area contributed by atoms with Crippen molar-refractivity contribution in [2.75, 3.05) is 14.1 Å². The van der Waals surface area contributed by atoms with Crippen LogP contribution in [0, 0.1) is 11.6 Å². The van der Waals surface area contributed by atoms with E-state index in [1.807, 2.05) is 19.0 Å². The highest BCUT2D eigenvalue weighted by Crippen LogP contribution is 2.34. The van der Waals surface area contributed by atoms with Gasteiger partial charge in [0.05, 0.1) is 0 Å². The lowest BCUT2D eigenvalue weighted by atomic mass is 9.90. The predicted octanol–water partition coefficient (Wildman–Crippen LogP) is 3.57. The molecule has 1 atom stereocenters. The van der Waals surface area contributed by atoms with Crippen LogP contribution < -0.4 is 0 Å². The number of rotatable bonds is 1. The van der Waals surface area contributed by atoms with E-state index in [9.17, 15) is 8.78 Å². The molecule has 0 radical (unpaired) electrons. The van der Waals surface area contributed by atoms with E-state index in [1.54, 1.807) is 24.3 Å². The van der Waals surface area contributed by atoms with Crippen molar-refractivity contribution in [3.8, 4) is 0 Å². The Morgan fingerprint density at radius 2 is 1.81 bits per heavy atom. The number of benzene rings is 2. The Kier molecular flexibility index (Phi) is 3.45. The van der Waals surface area contributed by atoms with Crippen molar-refractivity contribution in [2.24, 2.45) is 4.99 Å². The molecule has 0 saturated carbocycles. The van der Waals surface area contributed by atoms with Crippen molar-refractivity contribution >= 4 is 5.84 Å². The van der Waals surface area contributed by atoms with Gasteiger partial charge in [-0.1, -0.05) is 24.3 Å². The first-order valence-electron chi connectivity index (χ1n) is 6.83. The fraction of sp³-hybridized carbons (Fsp3) is 0.235. The van der Waals surface area contributed by atoms with E-state index in [-0.39, 0.29) is 11.6 Å². The van der Waals surface area contributed by atoms with E-state index in [2.05, 4.69) is 4.99 Å². The maximum absolute atomic E-state index is 14.1. The van der Waals surface area contributed by atoms with Crippen LogP contribution in [0.25, 0.3) is 0 Å². The summed E-state index contributed by atoms with van der Waals surface area (Å²) in [5, 5.41) is 0. The molecule has 2 aromatic rings. The van der Waals surface area contributed by atoms with Gasteiger partial charge in [0.2, 0.25) is 0 Å². The number of hydrogen-bond acceptors (Lipinski definition) is 2. The quantitative estimate of drug-likeness (QED) is 0.782. The SMILES string of the molecule is CN(C)C1=NC(c2ccccc2F)c2ccc(F)cc2C1. The highest BCUT2D eigenvalue weighted by molar-refractivity contribution is 5.86. The van der Waals surface area contributed by atoms with Crippen LogP contribution >= 0.6 is 0 Å². The molecule has 0 N–H and O–H groups in total. The normalized spacial score (nSPS) is 17.1. The van der Waals surface area contributed by atoms with Gasteiger partial charge in [-0.15, -0.1) is 0 Å². The predicted molar refractivity (Wildman–Crippen MR) is 79.5 cm³/mol.